The Morgan fingerprint density at radius 3 is 2.36 bits per heavy atom. The average Bonchev–Trinajstić information content (AvgIpc) is 2.82. The maximum Gasteiger partial charge on any atom is 0.266 e. The van der Waals surface area contributed by atoms with Gasteiger partial charge in [0.05, 0.1) is 32.4 Å². The summed E-state index contributed by atoms with van der Waals surface area (Å²) in [7, 11) is 4.42. The predicted octanol–water partition coefficient (Wildman–Crippen LogP) is 5.50. The van der Waals surface area contributed by atoms with Crippen LogP contribution in [0.5, 0.6) is 17.2 Å². The first-order valence-electron chi connectivity index (χ1n) is 9.85. The van der Waals surface area contributed by atoms with Gasteiger partial charge < -0.3 is 14.2 Å². The molecular formula is C24H20ClFN2O4S. The number of nitrogens with zero attached hydrogens (tertiary/aromatic N) is 2. The average molecular weight is 487 g/mol. The number of aromatic nitrogens is 2. The number of fused-ring (bicyclic) bond motifs is 1. The number of benzene rings is 3. The second kappa shape index (κ2) is 9.72. The molecule has 0 N–H and O–H groups in total. The number of hydrogen-bond donors (Lipinski definition) is 0. The third kappa shape index (κ3) is 4.49. The molecule has 9 heteroatoms. The lowest BCUT2D eigenvalue weighted by molar-refractivity contribution is 0.326. The fourth-order valence-corrected chi connectivity index (χ4v) is 4.52. The van der Waals surface area contributed by atoms with Crippen molar-refractivity contribution in [2.45, 2.75) is 10.9 Å². The highest BCUT2D eigenvalue weighted by atomic mass is 35.5. The van der Waals surface area contributed by atoms with Crippen LogP contribution < -0.4 is 19.8 Å². The molecule has 33 heavy (non-hydrogen) atoms. The molecule has 170 valence electrons. The smallest absolute Gasteiger partial charge is 0.266 e. The van der Waals surface area contributed by atoms with Crippen molar-refractivity contribution < 1.29 is 18.6 Å². The van der Waals surface area contributed by atoms with Crippen molar-refractivity contribution in [3.63, 3.8) is 0 Å². The van der Waals surface area contributed by atoms with Gasteiger partial charge in [0.2, 0.25) is 5.75 Å². The van der Waals surface area contributed by atoms with Crippen LogP contribution >= 0.6 is 23.4 Å². The Balaban J connectivity index is 1.97. The number of thioether (sulfide) groups is 1. The molecule has 6 nitrogen and oxygen atoms in total. The van der Waals surface area contributed by atoms with Gasteiger partial charge in [-0.05, 0) is 42.0 Å². The highest BCUT2D eigenvalue weighted by Crippen LogP contribution is 2.42. The van der Waals surface area contributed by atoms with E-state index < -0.39 is 5.82 Å². The van der Waals surface area contributed by atoms with Crippen molar-refractivity contribution in [1.29, 1.82) is 0 Å². The summed E-state index contributed by atoms with van der Waals surface area (Å²) in [4.78, 5) is 18.4. The van der Waals surface area contributed by atoms with E-state index in [1.807, 2.05) is 12.1 Å². The minimum atomic E-state index is -0.460. The Labute approximate surface area is 198 Å². The molecule has 4 rings (SSSR count). The van der Waals surface area contributed by atoms with Crippen LogP contribution in [0.3, 0.4) is 0 Å². The van der Waals surface area contributed by atoms with E-state index in [9.17, 15) is 9.18 Å². The summed E-state index contributed by atoms with van der Waals surface area (Å²) < 4.78 is 31.8. The second-order valence-corrected chi connectivity index (χ2v) is 8.35. The molecule has 0 atom stereocenters. The van der Waals surface area contributed by atoms with E-state index in [1.54, 1.807) is 30.3 Å². The van der Waals surface area contributed by atoms with Gasteiger partial charge in [-0.3, -0.25) is 9.36 Å². The van der Waals surface area contributed by atoms with Gasteiger partial charge in [-0.1, -0.05) is 41.6 Å². The van der Waals surface area contributed by atoms with Gasteiger partial charge >= 0.3 is 0 Å². The predicted molar refractivity (Wildman–Crippen MR) is 128 cm³/mol. The third-order valence-electron chi connectivity index (χ3n) is 4.98. The van der Waals surface area contributed by atoms with E-state index in [0.717, 1.165) is 5.56 Å². The first-order valence-corrected chi connectivity index (χ1v) is 11.2. The Kier molecular flexibility index (Phi) is 6.76. The van der Waals surface area contributed by atoms with Crippen LogP contribution in [0.1, 0.15) is 5.56 Å². The Morgan fingerprint density at radius 2 is 1.73 bits per heavy atom. The van der Waals surface area contributed by atoms with E-state index >= 15 is 0 Å². The maximum atomic E-state index is 14.0. The van der Waals surface area contributed by atoms with E-state index in [0.29, 0.717) is 38.6 Å². The van der Waals surface area contributed by atoms with Crippen molar-refractivity contribution in [1.82, 2.24) is 9.55 Å². The molecule has 0 unspecified atom stereocenters. The van der Waals surface area contributed by atoms with E-state index in [1.165, 1.54) is 49.8 Å². The Hall–Kier alpha value is -3.23. The van der Waals surface area contributed by atoms with Gasteiger partial charge in [-0.2, -0.15) is 0 Å². The first-order chi connectivity index (χ1) is 16.0. The molecule has 3 aromatic carbocycles. The summed E-state index contributed by atoms with van der Waals surface area (Å²) in [5, 5.41) is 1.26. The lowest BCUT2D eigenvalue weighted by Crippen LogP contribution is -2.22. The van der Waals surface area contributed by atoms with Crippen LogP contribution in [-0.4, -0.2) is 30.9 Å². The summed E-state index contributed by atoms with van der Waals surface area (Å²) in [6.45, 7) is 0. The third-order valence-corrected chi connectivity index (χ3v) is 6.25. The van der Waals surface area contributed by atoms with E-state index in [4.69, 9.17) is 30.8 Å². The van der Waals surface area contributed by atoms with Crippen LogP contribution in [0.15, 0.2) is 64.5 Å². The zero-order valence-corrected chi connectivity index (χ0v) is 19.7. The SMILES string of the molecule is COc1cc2c(=O)n(-c3cccc(F)c3)c(SCc3ccc(Cl)cc3)nc2c(OC)c1OC. The minimum Gasteiger partial charge on any atom is -0.493 e. The minimum absolute atomic E-state index is 0.254. The molecule has 1 aromatic heterocycles. The van der Waals surface area contributed by atoms with Gasteiger partial charge in [0.25, 0.3) is 5.56 Å². The number of rotatable bonds is 7. The number of hydrogen-bond acceptors (Lipinski definition) is 6. The summed E-state index contributed by atoms with van der Waals surface area (Å²) in [5.41, 5.74) is 1.29. The molecule has 4 aromatic rings. The van der Waals surface area contributed by atoms with Crippen LogP contribution in [0.25, 0.3) is 16.6 Å². The van der Waals surface area contributed by atoms with Gasteiger partial charge in [-0.25, -0.2) is 9.37 Å². The normalized spacial score (nSPS) is 10.9. The zero-order valence-electron chi connectivity index (χ0n) is 18.1. The fraction of sp³-hybridized carbons (Fsp3) is 0.167. The molecule has 0 amide bonds. The molecule has 0 radical (unpaired) electrons. The van der Waals surface area contributed by atoms with Crippen molar-refractivity contribution in [3.05, 3.63) is 81.4 Å². The molecule has 0 aliphatic rings. The van der Waals surface area contributed by atoms with Gasteiger partial charge in [0.1, 0.15) is 11.3 Å². The molecule has 0 fully saturated rings. The topological polar surface area (TPSA) is 62.6 Å². The molecule has 0 bridgehead atoms. The lowest BCUT2D eigenvalue weighted by atomic mass is 10.2. The highest BCUT2D eigenvalue weighted by Gasteiger charge is 2.22. The molecular weight excluding hydrogens is 467 g/mol. The fourth-order valence-electron chi connectivity index (χ4n) is 3.44. The zero-order chi connectivity index (χ0) is 23.5. The van der Waals surface area contributed by atoms with Crippen molar-refractivity contribution in [3.8, 4) is 22.9 Å². The van der Waals surface area contributed by atoms with Gasteiger partial charge in [0, 0.05) is 10.8 Å². The molecule has 0 saturated carbocycles. The summed E-state index contributed by atoms with van der Waals surface area (Å²) in [6, 6.07) is 14.8. The Morgan fingerprint density at radius 1 is 1.00 bits per heavy atom. The monoisotopic (exact) mass is 486 g/mol. The quantitative estimate of drug-likeness (QED) is 0.254. The summed E-state index contributed by atoms with van der Waals surface area (Å²) in [5.74, 6) is 0.992. The van der Waals surface area contributed by atoms with Crippen molar-refractivity contribution in [2.24, 2.45) is 0 Å². The molecule has 0 spiro atoms. The first kappa shape index (κ1) is 22.9. The maximum absolute atomic E-state index is 14.0. The van der Waals surface area contributed by atoms with Crippen LogP contribution in [-0.2, 0) is 5.75 Å². The van der Waals surface area contributed by atoms with Crippen LogP contribution in [0.4, 0.5) is 4.39 Å². The summed E-state index contributed by atoms with van der Waals surface area (Å²) >= 11 is 7.32. The largest absolute Gasteiger partial charge is 0.493 e. The second-order valence-electron chi connectivity index (χ2n) is 6.97. The van der Waals surface area contributed by atoms with Crippen LogP contribution in [0, 0.1) is 5.82 Å². The van der Waals surface area contributed by atoms with Gasteiger partial charge in [0.15, 0.2) is 16.7 Å². The standard InChI is InChI=1S/C24H20ClFN2O4S/c1-30-19-12-18-20(22(32-3)21(19)31-2)27-24(33-13-14-7-9-15(25)10-8-14)28(23(18)29)17-6-4-5-16(26)11-17/h4-12H,13H2,1-3H3. The lowest BCUT2D eigenvalue weighted by Gasteiger charge is -2.17. The van der Waals surface area contributed by atoms with Gasteiger partial charge in [-0.15, -0.1) is 0 Å². The van der Waals surface area contributed by atoms with Crippen molar-refractivity contribution in [2.75, 3.05) is 21.3 Å². The number of ether oxygens (including phenoxy) is 3. The number of methoxy groups -OCH3 is 3. The Bertz CT molecular complexity index is 1380. The molecule has 0 aliphatic heterocycles. The van der Waals surface area contributed by atoms with Crippen LogP contribution in [0.2, 0.25) is 5.02 Å². The van der Waals surface area contributed by atoms with E-state index in [-0.39, 0.29) is 16.7 Å². The summed E-state index contributed by atoms with van der Waals surface area (Å²) in [6.07, 6.45) is 0. The number of halogens is 2. The highest BCUT2D eigenvalue weighted by molar-refractivity contribution is 7.98. The molecule has 0 aliphatic carbocycles. The van der Waals surface area contributed by atoms with E-state index in [2.05, 4.69) is 0 Å². The molecule has 1 heterocycles. The molecule has 0 saturated heterocycles. The van der Waals surface area contributed by atoms with Crippen molar-refractivity contribution >= 4 is 34.3 Å².